The first-order valence-electron chi connectivity index (χ1n) is 10.9. The number of nitrogens with zero attached hydrogens (tertiary/aromatic N) is 2. The van der Waals surface area contributed by atoms with Crippen molar-refractivity contribution >= 4 is 33.1 Å². The molecule has 0 radical (unpaired) electrons. The maximum absolute atomic E-state index is 13.1. The van der Waals surface area contributed by atoms with Crippen LogP contribution in [-0.2, 0) is 16.2 Å². The zero-order valence-corrected chi connectivity index (χ0v) is 20.2. The van der Waals surface area contributed by atoms with E-state index in [0.717, 1.165) is 24.3 Å². The van der Waals surface area contributed by atoms with Gasteiger partial charge in [0.15, 0.2) is 5.84 Å². The topological polar surface area (TPSA) is 88.1 Å². The van der Waals surface area contributed by atoms with Crippen LogP contribution in [0.5, 0.6) is 5.75 Å². The molecule has 188 valence electrons. The van der Waals surface area contributed by atoms with Crippen molar-refractivity contribution in [2.24, 2.45) is 4.40 Å². The van der Waals surface area contributed by atoms with Crippen molar-refractivity contribution in [1.29, 1.82) is 0 Å². The fourth-order valence-electron chi connectivity index (χ4n) is 3.76. The lowest BCUT2D eigenvalue weighted by molar-refractivity contribution is -0.137. The number of amides is 1. The summed E-state index contributed by atoms with van der Waals surface area (Å²) in [4.78, 5) is 14.3. The van der Waals surface area contributed by atoms with E-state index >= 15 is 0 Å². The van der Waals surface area contributed by atoms with Gasteiger partial charge in [-0.15, -0.1) is 4.40 Å². The molecule has 0 saturated heterocycles. The normalized spacial score (nSPS) is 14.6. The number of rotatable bonds is 6. The molecule has 3 aromatic carbocycles. The molecule has 1 aliphatic rings. The van der Waals surface area contributed by atoms with E-state index in [2.05, 4.69) is 9.71 Å². The summed E-state index contributed by atoms with van der Waals surface area (Å²) in [6.45, 7) is 2.44. The second-order valence-electron chi connectivity index (χ2n) is 7.98. The molecule has 1 amide bonds. The van der Waals surface area contributed by atoms with Crippen LogP contribution in [0.2, 0.25) is 0 Å². The van der Waals surface area contributed by atoms with E-state index < -0.39 is 27.7 Å². The lowest BCUT2D eigenvalue weighted by atomic mass is 10.1. The quantitative estimate of drug-likeness (QED) is 0.478. The molecule has 0 saturated carbocycles. The summed E-state index contributed by atoms with van der Waals surface area (Å²) < 4.78 is 73.8. The minimum absolute atomic E-state index is 0.00370. The van der Waals surface area contributed by atoms with Gasteiger partial charge >= 0.3 is 6.18 Å². The van der Waals surface area contributed by atoms with Gasteiger partial charge in [0, 0.05) is 23.4 Å². The molecular formula is C25H22F3N3O4S. The van der Waals surface area contributed by atoms with Crippen molar-refractivity contribution in [2.45, 2.75) is 24.4 Å². The fourth-order valence-corrected chi connectivity index (χ4v) is 5.01. The van der Waals surface area contributed by atoms with Gasteiger partial charge in [-0.05, 0) is 73.2 Å². The molecule has 1 heterocycles. The molecule has 11 heteroatoms. The van der Waals surface area contributed by atoms with E-state index in [1.165, 1.54) is 19.2 Å². The van der Waals surface area contributed by atoms with Gasteiger partial charge in [0.1, 0.15) is 10.6 Å². The number of benzene rings is 3. The van der Waals surface area contributed by atoms with Gasteiger partial charge in [-0.1, -0.05) is 6.92 Å². The number of halogens is 3. The number of carbonyl (C=O) groups is 1. The molecule has 0 atom stereocenters. The lowest BCUT2D eigenvalue weighted by Gasteiger charge is -2.31. The van der Waals surface area contributed by atoms with Crippen molar-refractivity contribution in [3.05, 3.63) is 83.4 Å². The average molecular weight is 518 g/mol. The summed E-state index contributed by atoms with van der Waals surface area (Å²) in [5.74, 6) is 0.215. The summed E-state index contributed by atoms with van der Waals surface area (Å²) in [6.07, 6.45) is -3.81. The monoisotopic (exact) mass is 517 g/mol. The van der Waals surface area contributed by atoms with Crippen LogP contribution in [0.4, 0.5) is 24.5 Å². The second-order valence-corrected chi connectivity index (χ2v) is 9.55. The first-order valence-corrected chi connectivity index (χ1v) is 12.4. The minimum atomic E-state index is -4.52. The molecule has 0 fully saturated rings. The lowest BCUT2D eigenvalue weighted by Crippen LogP contribution is -2.37. The smallest absolute Gasteiger partial charge is 0.416 e. The van der Waals surface area contributed by atoms with Crippen LogP contribution in [0.15, 0.2) is 76.0 Å². The molecule has 36 heavy (non-hydrogen) atoms. The standard InChI is InChI=1S/C25H22F3N3O4S/c1-3-14-31-21-13-10-19(29-24(32)17-4-8-18(9-5-17)25(26,27)28)15-22(21)36(33,34)30-23(31)16-6-11-20(35-2)12-7-16/h4-13,15H,3,14H2,1-2H3,(H,29,32). The van der Waals surface area contributed by atoms with Gasteiger partial charge in [0.2, 0.25) is 0 Å². The summed E-state index contributed by atoms with van der Waals surface area (Å²) in [5.41, 5.74) is 0.293. The van der Waals surface area contributed by atoms with Crippen LogP contribution < -0.4 is 15.0 Å². The second kappa shape index (κ2) is 9.65. The van der Waals surface area contributed by atoms with Gasteiger partial charge < -0.3 is 15.0 Å². The van der Waals surface area contributed by atoms with Crippen LogP contribution >= 0.6 is 0 Å². The number of alkyl halides is 3. The van der Waals surface area contributed by atoms with Crippen molar-refractivity contribution in [1.82, 2.24) is 0 Å². The summed E-state index contributed by atoms with van der Waals surface area (Å²) in [7, 11) is -2.58. The minimum Gasteiger partial charge on any atom is -0.497 e. The van der Waals surface area contributed by atoms with Crippen LogP contribution in [0, 0.1) is 0 Å². The van der Waals surface area contributed by atoms with Gasteiger partial charge in [0.05, 0.1) is 18.4 Å². The first-order chi connectivity index (χ1) is 17.0. The number of anilines is 2. The van der Waals surface area contributed by atoms with Crippen molar-refractivity contribution in [3.8, 4) is 5.75 Å². The number of sulfonamides is 1. The fraction of sp³-hybridized carbons (Fsp3) is 0.200. The molecule has 0 aliphatic carbocycles. The highest BCUT2D eigenvalue weighted by molar-refractivity contribution is 7.90. The number of amidine groups is 1. The predicted molar refractivity (Wildman–Crippen MR) is 130 cm³/mol. The Morgan fingerprint density at radius 3 is 2.28 bits per heavy atom. The molecular weight excluding hydrogens is 495 g/mol. The number of ether oxygens (including phenoxy) is 1. The van der Waals surface area contributed by atoms with E-state index in [9.17, 15) is 26.4 Å². The molecule has 1 N–H and O–H groups in total. The maximum Gasteiger partial charge on any atom is 0.416 e. The third-order valence-electron chi connectivity index (χ3n) is 5.52. The number of hydrogen-bond donors (Lipinski definition) is 1. The number of hydrogen-bond acceptors (Lipinski definition) is 5. The van der Waals surface area contributed by atoms with Crippen LogP contribution in [0.3, 0.4) is 0 Å². The van der Waals surface area contributed by atoms with E-state index in [1.54, 1.807) is 35.2 Å². The van der Waals surface area contributed by atoms with Gasteiger partial charge in [0.25, 0.3) is 15.9 Å². The summed E-state index contributed by atoms with van der Waals surface area (Å²) in [5, 5.41) is 2.54. The summed E-state index contributed by atoms with van der Waals surface area (Å²) >= 11 is 0. The maximum atomic E-state index is 13.1. The molecule has 0 aromatic heterocycles. The molecule has 4 rings (SSSR count). The van der Waals surface area contributed by atoms with Crippen LogP contribution in [0.1, 0.15) is 34.8 Å². The third-order valence-corrected chi connectivity index (χ3v) is 6.81. The Kier molecular flexibility index (Phi) is 6.77. The SMILES string of the molecule is CCCN1C(c2ccc(OC)cc2)=NS(=O)(=O)c2cc(NC(=O)c3ccc(C(F)(F)F)cc3)ccc21. The highest BCUT2D eigenvalue weighted by Crippen LogP contribution is 2.36. The Hall–Kier alpha value is -3.86. The van der Waals surface area contributed by atoms with E-state index in [-0.39, 0.29) is 22.0 Å². The van der Waals surface area contributed by atoms with Crippen molar-refractivity contribution < 1.29 is 31.1 Å². The molecule has 0 spiro atoms. The third kappa shape index (κ3) is 5.06. The first kappa shape index (κ1) is 25.2. The summed E-state index contributed by atoms with van der Waals surface area (Å²) in [6, 6.07) is 15.0. The molecule has 1 aliphatic heterocycles. The number of nitrogens with one attached hydrogen (secondary N) is 1. The molecule has 3 aromatic rings. The Morgan fingerprint density at radius 1 is 1.03 bits per heavy atom. The predicted octanol–water partition coefficient (Wildman–Crippen LogP) is 5.33. The molecule has 0 bridgehead atoms. The van der Waals surface area contributed by atoms with Crippen LogP contribution in [-0.4, -0.2) is 33.8 Å². The number of carbonyl (C=O) groups excluding carboxylic acids is 1. The van der Waals surface area contributed by atoms with Crippen LogP contribution in [0.25, 0.3) is 0 Å². The van der Waals surface area contributed by atoms with Gasteiger partial charge in [-0.3, -0.25) is 4.79 Å². The van der Waals surface area contributed by atoms with Gasteiger partial charge in [-0.2, -0.15) is 21.6 Å². The Morgan fingerprint density at radius 2 is 1.69 bits per heavy atom. The van der Waals surface area contributed by atoms with E-state index in [4.69, 9.17) is 4.74 Å². The Balaban J connectivity index is 1.65. The molecule has 7 nitrogen and oxygen atoms in total. The zero-order chi connectivity index (χ0) is 26.1. The average Bonchev–Trinajstić information content (AvgIpc) is 2.85. The Labute approximate surface area is 206 Å². The number of methoxy groups -OCH3 is 1. The van der Waals surface area contributed by atoms with E-state index in [1.807, 2.05) is 6.92 Å². The highest BCUT2D eigenvalue weighted by Gasteiger charge is 2.32. The van der Waals surface area contributed by atoms with Crippen molar-refractivity contribution in [3.63, 3.8) is 0 Å². The van der Waals surface area contributed by atoms with E-state index in [0.29, 0.717) is 30.0 Å². The number of fused-ring (bicyclic) bond motifs is 1. The largest absolute Gasteiger partial charge is 0.497 e. The molecule has 0 unspecified atom stereocenters. The van der Waals surface area contributed by atoms with Crippen molar-refractivity contribution in [2.75, 3.05) is 23.9 Å². The zero-order valence-electron chi connectivity index (χ0n) is 19.3. The Bertz CT molecular complexity index is 1420. The highest BCUT2D eigenvalue weighted by atomic mass is 32.2. The van der Waals surface area contributed by atoms with Gasteiger partial charge in [-0.25, -0.2) is 0 Å².